The molecule has 2 atom stereocenters. The summed E-state index contributed by atoms with van der Waals surface area (Å²) in [4.78, 5) is 0. The molecule has 11 heteroatoms. The van der Waals surface area contributed by atoms with E-state index >= 15 is 0 Å². The maximum atomic E-state index is 5.44. The van der Waals surface area contributed by atoms with Crippen LogP contribution in [0.1, 0.15) is 0 Å². The van der Waals surface area contributed by atoms with Crippen molar-refractivity contribution in [2.24, 2.45) is 0 Å². The summed E-state index contributed by atoms with van der Waals surface area (Å²) in [7, 11) is 0. The van der Waals surface area contributed by atoms with E-state index in [0.29, 0.717) is 131 Å². The molecule has 2 saturated heterocycles. The largest absolute Gasteiger partial charge is 0.377 e. The van der Waals surface area contributed by atoms with Crippen LogP contribution in [0.25, 0.3) is 0 Å². The van der Waals surface area contributed by atoms with E-state index in [1.165, 1.54) is 0 Å². The average Bonchev–Trinajstić information content (AvgIpc) is 3.74. The highest BCUT2D eigenvalue weighted by molar-refractivity contribution is 4.67. The summed E-state index contributed by atoms with van der Waals surface area (Å²) in [6.45, 7) is 11.8. The lowest BCUT2D eigenvalue weighted by Gasteiger charge is -2.08. The third-order valence-corrected chi connectivity index (χ3v) is 4.39. The van der Waals surface area contributed by atoms with E-state index in [2.05, 4.69) is 0 Å². The monoisotopic (exact) mass is 482 g/mol. The van der Waals surface area contributed by atoms with Crippen molar-refractivity contribution in [2.45, 2.75) is 12.2 Å². The van der Waals surface area contributed by atoms with Crippen LogP contribution in [-0.4, -0.2) is 144 Å². The molecule has 2 rings (SSSR count). The lowest BCUT2D eigenvalue weighted by atomic mass is 10.5. The maximum absolute atomic E-state index is 5.44. The van der Waals surface area contributed by atoms with Crippen LogP contribution in [0.4, 0.5) is 0 Å². The normalized spacial score (nSPS) is 19.3. The zero-order valence-corrected chi connectivity index (χ0v) is 19.8. The Kier molecular flexibility index (Phi) is 19.2. The first-order valence-electron chi connectivity index (χ1n) is 11.9. The van der Waals surface area contributed by atoms with Gasteiger partial charge in [-0.2, -0.15) is 0 Å². The van der Waals surface area contributed by atoms with Crippen molar-refractivity contribution in [1.29, 1.82) is 0 Å². The van der Waals surface area contributed by atoms with Crippen LogP contribution in [0, 0.1) is 0 Å². The molecule has 33 heavy (non-hydrogen) atoms. The van der Waals surface area contributed by atoms with Crippen LogP contribution >= 0.6 is 0 Å². The van der Waals surface area contributed by atoms with E-state index in [4.69, 9.17) is 52.1 Å². The van der Waals surface area contributed by atoms with Gasteiger partial charge in [-0.05, 0) is 0 Å². The Balaban J connectivity index is 1.11. The van der Waals surface area contributed by atoms with Crippen molar-refractivity contribution in [3.05, 3.63) is 0 Å². The Hall–Kier alpha value is -0.440. The van der Waals surface area contributed by atoms with Gasteiger partial charge in [0.25, 0.3) is 0 Å². The maximum Gasteiger partial charge on any atom is 0.104 e. The van der Waals surface area contributed by atoms with Gasteiger partial charge in [-0.1, -0.05) is 0 Å². The van der Waals surface area contributed by atoms with Gasteiger partial charge in [-0.3, -0.25) is 0 Å². The van der Waals surface area contributed by atoms with Gasteiger partial charge in [0.15, 0.2) is 0 Å². The molecule has 0 spiro atoms. The first kappa shape index (κ1) is 28.8. The first-order chi connectivity index (χ1) is 16.4. The summed E-state index contributed by atoms with van der Waals surface area (Å²) < 4.78 is 58.8. The second-order valence-electron chi connectivity index (χ2n) is 7.35. The van der Waals surface area contributed by atoms with Gasteiger partial charge in [0, 0.05) is 0 Å². The molecule has 2 aliphatic heterocycles. The van der Waals surface area contributed by atoms with E-state index in [-0.39, 0.29) is 0 Å². The molecule has 11 nitrogen and oxygen atoms in total. The van der Waals surface area contributed by atoms with Crippen LogP contribution in [0.3, 0.4) is 0 Å². The minimum Gasteiger partial charge on any atom is -0.377 e. The second kappa shape index (κ2) is 22.1. The van der Waals surface area contributed by atoms with Crippen molar-refractivity contribution in [1.82, 2.24) is 0 Å². The van der Waals surface area contributed by atoms with E-state index in [9.17, 15) is 0 Å². The number of hydrogen-bond donors (Lipinski definition) is 0. The smallest absolute Gasteiger partial charge is 0.104 e. The summed E-state index contributed by atoms with van der Waals surface area (Å²) in [5, 5.41) is 0. The zero-order valence-electron chi connectivity index (χ0n) is 19.8. The molecule has 0 radical (unpaired) electrons. The predicted molar refractivity (Wildman–Crippen MR) is 117 cm³/mol. The van der Waals surface area contributed by atoms with Crippen molar-refractivity contribution in [2.75, 3.05) is 132 Å². The van der Waals surface area contributed by atoms with Gasteiger partial charge < -0.3 is 52.1 Å². The highest BCUT2D eigenvalue weighted by Gasteiger charge is 2.22. The topological polar surface area (TPSA) is 108 Å². The number of ether oxygens (including phenoxy) is 11. The third kappa shape index (κ3) is 21.8. The molecule has 0 bridgehead atoms. The van der Waals surface area contributed by atoms with Crippen molar-refractivity contribution in [3.8, 4) is 0 Å². The van der Waals surface area contributed by atoms with Gasteiger partial charge in [0.1, 0.15) is 12.2 Å². The van der Waals surface area contributed by atoms with Crippen LogP contribution in [0.2, 0.25) is 0 Å². The fourth-order valence-electron chi connectivity index (χ4n) is 2.42. The summed E-state index contributed by atoms with van der Waals surface area (Å²) in [6, 6.07) is 0. The van der Waals surface area contributed by atoms with Crippen molar-refractivity contribution < 1.29 is 52.1 Å². The van der Waals surface area contributed by atoms with Gasteiger partial charge in [-0.15, -0.1) is 0 Å². The number of epoxide rings is 2. The molecule has 2 fully saturated rings. The molecule has 0 aliphatic carbocycles. The van der Waals surface area contributed by atoms with E-state index in [1.807, 2.05) is 0 Å². The van der Waals surface area contributed by atoms with Crippen molar-refractivity contribution in [3.63, 3.8) is 0 Å². The molecule has 2 heterocycles. The minimum absolute atomic E-state index is 0.304. The molecule has 0 saturated carbocycles. The van der Waals surface area contributed by atoms with Gasteiger partial charge in [-0.25, -0.2) is 0 Å². The Morgan fingerprint density at radius 3 is 0.697 bits per heavy atom. The first-order valence-corrected chi connectivity index (χ1v) is 11.9. The van der Waals surface area contributed by atoms with E-state index in [0.717, 1.165) is 13.2 Å². The molecular weight excluding hydrogens is 440 g/mol. The highest BCUT2D eigenvalue weighted by atomic mass is 16.6. The summed E-state index contributed by atoms with van der Waals surface area (Å²) in [5.41, 5.74) is 0. The van der Waals surface area contributed by atoms with Crippen LogP contribution in [-0.2, 0) is 52.1 Å². The molecule has 0 aromatic rings. The predicted octanol–water partition coefficient (Wildman–Crippen LogP) is -0.0666. The molecule has 0 aromatic heterocycles. The lowest BCUT2D eigenvalue weighted by molar-refractivity contribution is -0.0253. The molecule has 196 valence electrons. The molecule has 0 N–H and O–H groups in total. The number of hydrogen-bond acceptors (Lipinski definition) is 11. The molecule has 0 aromatic carbocycles. The number of rotatable bonds is 28. The van der Waals surface area contributed by atoms with Crippen LogP contribution in [0.5, 0.6) is 0 Å². The minimum atomic E-state index is 0.304. The van der Waals surface area contributed by atoms with Gasteiger partial charge in [0.2, 0.25) is 0 Å². The Morgan fingerprint density at radius 2 is 0.515 bits per heavy atom. The summed E-state index contributed by atoms with van der Waals surface area (Å²) >= 11 is 0. The van der Waals surface area contributed by atoms with Crippen molar-refractivity contribution >= 4 is 0 Å². The fraction of sp³-hybridized carbons (Fsp3) is 1.00. The Morgan fingerprint density at radius 1 is 0.333 bits per heavy atom. The van der Waals surface area contributed by atoms with Crippen LogP contribution < -0.4 is 0 Å². The summed E-state index contributed by atoms with van der Waals surface area (Å²) in [5.74, 6) is 0. The van der Waals surface area contributed by atoms with Gasteiger partial charge in [0.05, 0.1) is 132 Å². The lowest BCUT2D eigenvalue weighted by Crippen LogP contribution is -2.15. The molecular formula is C22H42O11. The quantitative estimate of drug-likeness (QED) is 0.110. The molecule has 2 unspecified atom stereocenters. The standard InChI is InChI=1S/C22H42O11/c1(3-24-5-7-26-9-11-28-13-15-30-17-21-19-32-21)23-2-4-25-6-8-27-10-12-29-14-16-31-18-22-20-33-22/h21-22H,1-20H2. The SMILES string of the molecule is C(COCCOCCOCCOCC1CO1)OCCOCCOCCOCCOCC1CO1. The van der Waals surface area contributed by atoms with Gasteiger partial charge >= 0.3 is 0 Å². The zero-order chi connectivity index (χ0) is 23.1. The molecule has 0 amide bonds. The highest BCUT2D eigenvalue weighted by Crippen LogP contribution is 2.08. The third-order valence-electron chi connectivity index (χ3n) is 4.39. The van der Waals surface area contributed by atoms with Crippen LogP contribution in [0.15, 0.2) is 0 Å². The second-order valence-corrected chi connectivity index (χ2v) is 7.35. The molecule has 2 aliphatic rings. The Bertz CT molecular complexity index is 372. The summed E-state index contributed by atoms with van der Waals surface area (Å²) in [6.07, 6.45) is 0.607. The van der Waals surface area contributed by atoms with E-state index in [1.54, 1.807) is 0 Å². The average molecular weight is 483 g/mol. The fourth-order valence-corrected chi connectivity index (χ4v) is 2.42. The Labute approximate surface area is 197 Å². The van der Waals surface area contributed by atoms with E-state index < -0.39 is 0 Å².